The van der Waals surface area contributed by atoms with Gasteiger partial charge < -0.3 is 4.98 Å². The van der Waals surface area contributed by atoms with Gasteiger partial charge in [-0.1, -0.05) is 0 Å². The average molecular weight is 290 g/mol. The zero-order valence-electron chi connectivity index (χ0n) is 6.73. The minimum absolute atomic E-state index is 0.181. The predicted molar refractivity (Wildman–Crippen MR) is 58.8 cm³/mol. The molecule has 0 aliphatic rings. The van der Waals surface area contributed by atoms with Crippen molar-refractivity contribution in [1.82, 2.24) is 15.0 Å². The SMILES string of the molecule is O=c1[nH]cnc(Sc2nccs2)c1Br. The Hall–Kier alpha value is -0.660. The molecule has 0 aliphatic carbocycles. The third-order valence-electron chi connectivity index (χ3n) is 1.36. The van der Waals surface area contributed by atoms with Crippen LogP contribution in [0, 0.1) is 0 Å². The third-order valence-corrected chi connectivity index (χ3v) is 4.24. The molecule has 0 aromatic carbocycles. The topological polar surface area (TPSA) is 58.6 Å². The van der Waals surface area contributed by atoms with E-state index in [1.807, 2.05) is 5.38 Å². The van der Waals surface area contributed by atoms with E-state index in [0.29, 0.717) is 9.50 Å². The summed E-state index contributed by atoms with van der Waals surface area (Å²) in [6, 6.07) is 0. The zero-order valence-corrected chi connectivity index (χ0v) is 9.95. The molecule has 0 amide bonds. The standard InChI is InChI=1S/C7H4BrN3OS2/c8-4-5(12)10-3-11-6(4)14-7-9-1-2-13-7/h1-3H,(H,10,11,12). The van der Waals surface area contributed by atoms with Crippen molar-refractivity contribution in [3.63, 3.8) is 0 Å². The molecule has 1 N–H and O–H groups in total. The van der Waals surface area contributed by atoms with Crippen LogP contribution in [-0.2, 0) is 0 Å². The highest BCUT2D eigenvalue weighted by Gasteiger charge is 2.08. The second kappa shape index (κ2) is 4.24. The van der Waals surface area contributed by atoms with Gasteiger partial charge in [-0.2, -0.15) is 0 Å². The molecule has 0 aliphatic heterocycles. The van der Waals surface area contributed by atoms with Crippen molar-refractivity contribution < 1.29 is 0 Å². The van der Waals surface area contributed by atoms with E-state index in [4.69, 9.17) is 0 Å². The van der Waals surface area contributed by atoms with E-state index in [1.165, 1.54) is 29.4 Å². The first-order chi connectivity index (χ1) is 6.77. The van der Waals surface area contributed by atoms with Crippen LogP contribution in [0.3, 0.4) is 0 Å². The maximum Gasteiger partial charge on any atom is 0.266 e. The Balaban J connectivity index is 2.34. The molecule has 0 radical (unpaired) electrons. The number of aromatic nitrogens is 3. The van der Waals surface area contributed by atoms with Crippen molar-refractivity contribution in [2.75, 3.05) is 0 Å². The number of hydrogen-bond donors (Lipinski definition) is 1. The molecule has 7 heteroatoms. The molecule has 14 heavy (non-hydrogen) atoms. The van der Waals surface area contributed by atoms with Crippen LogP contribution in [0.25, 0.3) is 0 Å². The lowest BCUT2D eigenvalue weighted by Gasteiger charge is -1.97. The largest absolute Gasteiger partial charge is 0.312 e. The number of hydrogen-bond acceptors (Lipinski definition) is 5. The summed E-state index contributed by atoms with van der Waals surface area (Å²) in [4.78, 5) is 21.8. The van der Waals surface area contributed by atoms with E-state index in [9.17, 15) is 4.79 Å². The van der Waals surface area contributed by atoms with Gasteiger partial charge in [-0.05, 0) is 27.7 Å². The Morgan fingerprint density at radius 2 is 2.36 bits per heavy atom. The lowest BCUT2D eigenvalue weighted by Crippen LogP contribution is -2.07. The van der Waals surface area contributed by atoms with Crippen LogP contribution in [0.5, 0.6) is 0 Å². The maximum atomic E-state index is 11.2. The molecule has 2 heterocycles. The predicted octanol–water partition coefficient (Wildman–Crippen LogP) is 2.14. The van der Waals surface area contributed by atoms with Crippen molar-refractivity contribution in [3.05, 3.63) is 32.7 Å². The minimum Gasteiger partial charge on any atom is -0.312 e. The quantitative estimate of drug-likeness (QED) is 0.861. The monoisotopic (exact) mass is 289 g/mol. The molecule has 2 rings (SSSR count). The summed E-state index contributed by atoms with van der Waals surface area (Å²) in [5.74, 6) is 0. The average Bonchev–Trinajstić information content (AvgIpc) is 2.66. The van der Waals surface area contributed by atoms with Gasteiger partial charge in [0.15, 0.2) is 4.34 Å². The second-order valence-corrected chi connectivity index (χ2v) is 5.17. The molecule has 0 bridgehead atoms. The summed E-state index contributed by atoms with van der Waals surface area (Å²) in [7, 11) is 0. The van der Waals surface area contributed by atoms with Gasteiger partial charge in [-0.3, -0.25) is 4.79 Å². The van der Waals surface area contributed by atoms with Gasteiger partial charge >= 0.3 is 0 Å². The van der Waals surface area contributed by atoms with Crippen molar-refractivity contribution in [2.45, 2.75) is 9.37 Å². The zero-order chi connectivity index (χ0) is 9.97. The van der Waals surface area contributed by atoms with E-state index >= 15 is 0 Å². The van der Waals surface area contributed by atoms with Crippen LogP contribution in [-0.4, -0.2) is 15.0 Å². The van der Waals surface area contributed by atoms with Gasteiger partial charge in [-0.25, -0.2) is 9.97 Å². The number of nitrogens with one attached hydrogen (secondary N) is 1. The summed E-state index contributed by atoms with van der Waals surface area (Å²) in [6.45, 7) is 0. The minimum atomic E-state index is -0.181. The highest BCUT2D eigenvalue weighted by Crippen LogP contribution is 2.30. The van der Waals surface area contributed by atoms with Crippen LogP contribution in [0.1, 0.15) is 0 Å². The van der Waals surface area contributed by atoms with Crippen molar-refractivity contribution in [2.24, 2.45) is 0 Å². The number of nitrogens with zero attached hydrogens (tertiary/aromatic N) is 2. The highest BCUT2D eigenvalue weighted by atomic mass is 79.9. The summed E-state index contributed by atoms with van der Waals surface area (Å²) in [6.07, 6.45) is 3.09. The number of rotatable bonds is 2. The first-order valence-corrected chi connectivity index (χ1v) is 6.07. The molecule has 0 saturated heterocycles. The molecule has 2 aromatic heterocycles. The van der Waals surface area contributed by atoms with Crippen LogP contribution in [0.15, 0.2) is 36.5 Å². The lowest BCUT2D eigenvalue weighted by atomic mass is 10.7. The van der Waals surface area contributed by atoms with E-state index < -0.39 is 0 Å². The summed E-state index contributed by atoms with van der Waals surface area (Å²) >= 11 is 6.05. The fourth-order valence-corrected chi connectivity index (χ4v) is 2.76. The second-order valence-electron chi connectivity index (χ2n) is 2.25. The Bertz CT molecular complexity index is 482. The van der Waals surface area contributed by atoms with Crippen LogP contribution < -0.4 is 5.56 Å². The molecule has 0 fully saturated rings. The normalized spacial score (nSPS) is 10.4. The molecular formula is C7H4BrN3OS2. The fraction of sp³-hybridized carbons (Fsp3) is 0. The summed E-state index contributed by atoms with van der Waals surface area (Å²) in [5.41, 5.74) is -0.181. The van der Waals surface area contributed by atoms with Gasteiger partial charge in [0.25, 0.3) is 5.56 Å². The van der Waals surface area contributed by atoms with Gasteiger partial charge in [0.05, 0.1) is 6.33 Å². The van der Waals surface area contributed by atoms with E-state index in [0.717, 1.165) is 4.34 Å². The van der Waals surface area contributed by atoms with E-state index in [-0.39, 0.29) is 5.56 Å². The number of aromatic amines is 1. The number of halogens is 1. The Labute approximate surface area is 95.9 Å². The maximum absolute atomic E-state index is 11.2. The molecule has 0 atom stereocenters. The van der Waals surface area contributed by atoms with Crippen molar-refractivity contribution >= 4 is 39.0 Å². The highest BCUT2D eigenvalue weighted by molar-refractivity contribution is 9.10. The Morgan fingerprint density at radius 1 is 1.50 bits per heavy atom. The fourth-order valence-electron chi connectivity index (χ4n) is 0.781. The van der Waals surface area contributed by atoms with Gasteiger partial charge in [-0.15, -0.1) is 11.3 Å². The van der Waals surface area contributed by atoms with Crippen LogP contribution in [0.4, 0.5) is 0 Å². The Morgan fingerprint density at radius 3 is 3.07 bits per heavy atom. The molecule has 72 valence electrons. The number of thiazole rings is 1. The van der Waals surface area contributed by atoms with E-state index in [2.05, 4.69) is 30.9 Å². The molecule has 0 unspecified atom stereocenters. The van der Waals surface area contributed by atoms with Crippen LogP contribution in [0.2, 0.25) is 0 Å². The first-order valence-electron chi connectivity index (χ1n) is 3.58. The van der Waals surface area contributed by atoms with Crippen LogP contribution >= 0.6 is 39.0 Å². The first kappa shape index (κ1) is 9.88. The Kier molecular flexibility index (Phi) is 2.99. The smallest absolute Gasteiger partial charge is 0.266 e. The molecule has 4 nitrogen and oxygen atoms in total. The van der Waals surface area contributed by atoms with Crippen molar-refractivity contribution in [3.8, 4) is 0 Å². The number of H-pyrrole nitrogens is 1. The summed E-state index contributed by atoms with van der Waals surface area (Å²) in [5, 5.41) is 2.51. The lowest BCUT2D eigenvalue weighted by molar-refractivity contribution is 0.989. The van der Waals surface area contributed by atoms with E-state index in [1.54, 1.807) is 6.20 Å². The van der Waals surface area contributed by atoms with Gasteiger partial charge in [0.2, 0.25) is 0 Å². The molecule has 2 aromatic rings. The van der Waals surface area contributed by atoms with Gasteiger partial charge in [0.1, 0.15) is 9.50 Å². The van der Waals surface area contributed by atoms with Crippen molar-refractivity contribution in [1.29, 1.82) is 0 Å². The van der Waals surface area contributed by atoms with Gasteiger partial charge in [0, 0.05) is 11.6 Å². The third kappa shape index (κ3) is 2.05. The molecule has 0 saturated carbocycles. The summed E-state index contributed by atoms with van der Waals surface area (Å²) < 4.78 is 1.31. The molecular weight excluding hydrogens is 286 g/mol. The molecule has 0 spiro atoms.